The van der Waals surface area contributed by atoms with Crippen molar-refractivity contribution in [1.29, 1.82) is 0 Å². The molecule has 0 aliphatic carbocycles. The van der Waals surface area contributed by atoms with Gasteiger partial charge in [-0.3, -0.25) is 4.79 Å². The van der Waals surface area contributed by atoms with E-state index >= 15 is 0 Å². The van der Waals surface area contributed by atoms with Gasteiger partial charge in [0, 0.05) is 6.54 Å². The van der Waals surface area contributed by atoms with E-state index in [4.69, 9.17) is 13.9 Å². The van der Waals surface area contributed by atoms with Gasteiger partial charge in [-0.15, -0.1) is 16.4 Å². The summed E-state index contributed by atoms with van der Waals surface area (Å²) in [6.07, 6.45) is 0. The first-order valence-electron chi connectivity index (χ1n) is 7.70. The van der Waals surface area contributed by atoms with E-state index in [-0.39, 0.29) is 24.9 Å². The third-order valence-corrected chi connectivity index (χ3v) is 4.43. The minimum atomic E-state index is -0.672. The molecule has 0 saturated heterocycles. The van der Waals surface area contributed by atoms with Gasteiger partial charge in [-0.2, -0.15) is 4.68 Å². The van der Waals surface area contributed by atoms with Crippen LogP contribution in [0, 0.1) is 0 Å². The van der Waals surface area contributed by atoms with Gasteiger partial charge >= 0.3 is 5.76 Å². The number of rotatable bonds is 7. The zero-order valence-electron chi connectivity index (χ0n) is 14.2. The van der Waals surface area contributed by atoms with Crippen molar-refractivity contribution in [2.24, 2.45) is 0 Å². The van der Waals surface area contributed by atoms with Crippen LogP contribution >= 0.6 is 11.3 Å². The van der Waals surface area contributed by atoms with Crippen LogP contribution in [0.4, 0.5) is 0 Å². The molecule has 2 heterocycles. The Hall–Kier alpha value is -3.07. The summed E-state index contributed by atoms with van der Waals surface area (Å²) in [5.74, 6) is 0.366. The lowest BCUT2D eigenvalue weighted by Crippen LogP contribution is -2.31. The Kier molecular flexibility index (Phi) is 5.37. The smallest absolute Gasteiger partial charge is 0.437 e. The molecule has 3 aromatic rings. The van der Waals surface area contributed by atoms with Crippen molar-refractivity contribution < 1.29 is 18.7 Å². The Balaban J connectivity index is 1.62. The van der Waals surface area contributed by atoms with Gasteiger partial charge in [-0.05, 0) is 29.1 Å². The zero-order chi connectivity index (χ0) is 18.5. The highest BCUT2D eigenvalue weighted by Gasteiger charge is 2.14. The molecule has 26 heavy (non-hydrogen) atoms. The van der Waals surface area contributed by atoms with Crippen LogP contribution in [0.1, 0.15) is 5.56 Å². The van der Waals surface area contributed by atoms with Crippen LogP contribution < -0.4 is 20.5 Å². The summed E-state index contributed by atoms with van der Waals surface area (Å²) in [4.78, 5) is 24.7. The number of nitrogens with zero attached hydrogens (tertiary/aromatic N) is 2. The Bertz CT molecular complexity index is 946. The Morgan fingerprint density at radius 2 is 2.08 bits per heavy atom. The number of benzene rings is 1. The fourth-order valence-electron chi connectivity index (χ4n) is 2.29. The summed E-state index contributed by atoms with van der Waals surface area (Å²) in [5, 5.41) is 8.63. The standard InChI is InChI=1S/C17H17N3O5S/c1-23-12-6-5-11(8-13(12)24-2)9-18-15(21)10-20-17(22)25-16(19-20)14-4-3-7-26-14/h3-8H,9-10H2,1-2H3,(H,18,21). The molecule has 0 spiro atoms. The first-order chi connectivity index (χ1) is 12.6. The topological polar surface area (TPSA) is 95.6 Å². The number of carbonyl (C=O) groups excluding carboxylic acids is 1. The summed E-state index contributed by atoms with van der Waals surface area (Å²) >= 11 is 1.40. The predicted molar refractivity (Wildman–Crippen MR) is 95.5 cm³/mol. The maximum absolute atomic E-state index is 12.1. The molecule has 2 aromatic heterocycles. The summed E-state index contributed by atoms with van der Waals surface area (Å²) in [7, 11) is 3.10. The van der Waals surface area contributed by atoms with Gasteiger partial charge in [-0.1, -0.05) is 12.1 Å². The van der Waals surface area contributed by atoms with E-state index in [9.17, 15) is 9.59 Å². The van der Waals surface area contributed by atoms with E-state index in [1.165, 1.54) is 11.3 Å². The van der Waals surface area contributed by atoms with Crippen molar-refractivity contribution in [3.8, 4) is 22.3 Å². The fraction of sp³-hybridized carbons (Fsp3) is 0.235. The minimum Gasteiger partial charge on any atom is -0.493 e. The van der Waals surface area contributed by atoms with Gasteiger partial charge in [0.1, 0.15) is 6.54 Å². The van der Waals surface area contributed by atoms with Crippen molar-refractivity contribution in [2.45, 2.75) is 13.1 Å². The molecule has 0 unspecified atom stereocenters. The van der Waals surface area contributed by atoms with Crippen LogP contribution in [-0.4, -0.2) is 29.9 Å². The number of ether oxygens (including phenoxy) is 2. The van der Waals surface area contributed by atoms with E-state index in [2.05, 4.69) is 10.4 Å². The zero-order valence-corrected chi connectivity index (χ0v) is 15.0. The average Bonchev–Trinajstić information content (AvgIpc) is 3.30. The summed E-state index contributed by atoms with van der Waals surface area (Å²) in [5.41, 5.74) is 0.836. The third-order valence-electron chi connectivity index (χ3n) is 3.57. The molecule has 1 aromatic carbocycles. The van der Waals surface area contributed by atoms with Crippen molar-refractivity contribution in [1.82, 2.24) is 15.1 Å². The molecule has 0 atom stereocenters. The van der Waals surface area contributed by atoms with Crippen LogP contribution in [0.25, 0.3) is 10.8 Å². The molecule has 1 amide bonds. The monoisotopic (exact) mass is 375 g/mol. The molecule has 0 aliphatic rings. The summed E-state index contributed by atoms with van der Waals surface area (Å²) in [6.45, 7) is 0.0601. The van der Waals surface area contributed by atoms with Gasteiger partial charge in [-0.25, -0.2) is 4.79 Å². The molecule has 0 bridgehead atoms. The average molecular weight is 375 g/mol. The first kappa shape index (κ1) is 17.7. The molecule has 0 saturated carbocycles. The highest BCUT2D eigenvalue weighted by molar-refractivity contribution is 7.13. The van der Waals surface area contributed by atoms with Crippen molar-refractivity contribution in [3.63, 3.8) is 0 Å². The maximum atomic E-state index is 12.1. The van der Waals surface area contributed by atoms with E-state index < -0.39 is 5.76 Å². The van der Waals surface area contributed by atoms with Crippen molar-refractivity contribution in [2.75, 3.05) is 14.2 Å². The van der Waals surface area contributed by atoms with Crippen LogP contribution in [0.3, 0.4) is 0 Å². The molecule has 1 N–H and O–H groups in total. The second-order valence-corrected chi connectivity index (χ2v) is 6.22. The van der Waals surface area contributed by atoms with Gasteiger partial charge in [0.2, 0.25) is 5.91 Å². The second-order valence-electron chi connectivity index (χ2n) is 5.27. The Morgan fingerprint density at radius 1 is 1.27 bits per heavy atom. The largest absolute Gasteiger partial charge is 0.493 e. The molecule has 8 nitrogen and oxygen atoms in total. The van der Waals surface area contributed by atoms with E-state index in [0.717, 1.165) is 15.1 Å². The third kappa shape index (κ3) is 3.94. The molecule has 0 fully saturated rings. The number of nitrogens with one attached hydrogen (secondary N) is 1. The van der Waals surface area contributed by atoms with Gasteiger partial charge in [0.25, 0.3) is 5.89 Å². The van der Waals surface area contributed by atoms with Crippen LogP contribution in [-0.2, 0) is 17.9 Å². The predicted octanol–water partition coefficient (Wildman–Crippen LogP) is 1.90. The van der Waals surface area contributed by atoms with Crippen molar-refractivity contribution in [3.05, 3.63) is 51.8 Å². The molecular formula is C17H17N3O5S. The van der Waals surface area contributed by atoms with E-state index in [1.54, 1.807) is 32.4 Å². The number of hydrogen-bond acceptors (Lipinski definition) is 7. The van der Waals surface area contributed by atoms with Crippen LogP contribution in [0.15, 0.2) is 44.9 Å². The molecule has 0 aliphatic heterocycles. The van der Waals surface area contributed by atoms with Crippen molar-refractivity contribution >= 4 is 17.2 Å². The molecule has 0 radical (unpaired) electrons. The molecule has 136 valence electrons. The molecular weight excluding hydrogens is 358 g/mol. The fourth-order valence-corrected chi connectivity index (χ4v) is 2.93. The lowest BCUT2D eigenvalue weighted by atomic mass is 10.2. The summed E-state index contributed by atoms with van der Waals surface area (Å²) in [6, 6.07) is 8.97. The van der Waals surface area contributed by atoms with Crippen LogP contribution in [0.5, 0.6) is 11.5 Å². The number of hydrogen-bond donors (Lipinski definition) is 1. The maximum Gasteiger partial charge on any atom is 0.437 e. The van der Waals surface area contributed by atoms with E-state index in [1.807, 2.05) is 17.5 Å². The summed E-state index contributed by atoms with van der Waals surface area (Å²) < 4.78 is 16.5. The Labute approximate surface area is 153 Å². The minimum absolute atomic E-state index is 0.206. The van der Waals surface area contributed by atoms with Gasteiger partial charge < -0.3 is 19.2 Å². The number of carbonyl (C=O) groups is 1. The number of aromatic nitrogens is 2. The number of thiophene rings is 1. The van der Waals surface area contributed by atoms with E-state index in [0.29, 0.717) is 11.5 Å². The van der Waals surface area contributed by atoms with Crippen LogP contribution in [0.2, 0.25) is 0 Å². The number of amides is 1. The SMILES string of the molecule is COc1ccc(CNC(=O)Cn2nc(-c3cccs3)oc2=O)cc1OC. The first-order valence-corrected chi connectivity index (χ1v) is 8.58. The quantitative estimate of drug-likeness (QED) is 0.678. The highest BCUT2D eigenvalue weighted by Crippen LogP contribution is 2.27. The molecule has 9 heteroatoms. The van der Waals surface area contributed by atoms with Gasteiger partial charge in [0.15, 0.2) is 11.5 Å². The Morgan fingerprint density at radius 3 is 2.77 bits per heavy atom. The van der Waals surface area contributed by atoms with Gasteiger partial charge in [0.05, 0.1) is 19.1 Å². The second kappa shape index (κ2) is 7.87. The highest BCUT2D eigenvalue weighted by atomic mass is 32.1. The normalized spacial score (nSPS) is 10.5. The lowest BCUT2D eigenvalue weighted by molar-refractivity contribution is -0.122. The molecule has 3 rings (SSSR count). The number of methoxy groups -OCH3 is 2. The lowest BCUT2D eigenvalue weighted by Gasteiger charge is -2.10.